The highest BCUT2D eigenvalue weighted by Gasteiger charge is 2.39. The summed E-state index contributed by atoms with van der Waals surface area (Å²) in [5.74, 6) is 0.383. The summed E-state index contributed by atoms with van der Waals surface area (Å²) in [4.78, 5) is 11.1. The minimum atomic E-state index is -2.96. The Morgan fingerprint density at radius 3 is 2.10 bits per heavy atom. The van der Waals surface area contributed by atoms with Crippen LogP contribution in [0, 0.1) is 11.3 Å². The zero-order valence-electron chi connectivity index (χ0n) is 12.9. The number of carbonyl (C=O) groups excluding carboxylic acids is 1. The summed E-state index contributed by atoms with van der Waals surface area (Å²) < 4.78 is 29.1. The molecule has 5 nitrogen and oxygen atoms in total. The van der Waals surface area contributed by atoms with Gasteiger partial charge in [0.1, 0.15) is 6.10 Å². The van der Waals surface area contributed by atoms with Crippen LogP contribution in [0.2, 0.25) is 0 Å². The van der Waals surface area contributed by atoms with Crippen molar-refractivity contribution in [3.8, 4) is 0 Å². The zero-order valence-corrected chi connectivity index (χ0v) is 13.7. The smallest absolute Gasteiger partial charge is 0.404 e. The molecule has 2 N–H and O–H groups in total. The topological polar surface area (TPSA) is 86.5 Å². The number of hydrogen-bond acceptors (Lipinski definition) is 4. The third-order valence-electron chi connectivity index (χ3n) is 4.15. The average molecular weight is 305 g/mol. The molecule has 20 heavy (non-hydrogen) atoms. The molecular weight excluding hydrogens is 278 g/mol. The number of nitrogens with two attached hydrogens (primary N) is 1. The van der Waals surface area contributed by atoms with Gasteiger partial charge in [-0.3, -0.25) is 0 Å². The summed E-state index contributed by atoms with van der Waals surface area (Å²) in [6.07, 6.45) is 1.81. The maximum atomic E-state index is 11.9. The molecule has 1 fully saturated rings. The summed E-state index contributed by atoms with van der Waals surface area (Å²) in [5, 5.41) is -0.238. The predicted molar refractivity (Wildman–Crippen MR) is 79.1 cm³/mol. The molecule has 0 saturated heterocycles. The first kappa shape index (κ1) is 17.3. The van der Waals surface area contributed by atoms with Gasteiger partial charge in [0.05, 0.1) is 5.25 Å². The molecule has 1 unspecified atom stereocenters. The number of amides is 1. The second-order valence-electron chi connectivity index (χ2n) is 6.71. The van der Waals surface area contributed by atoms with Crippen LogP contribution in [0.5, 0.6) is 0 Å². The number of hydrogen-bond donors (Lipinski definition) is 1. The van der Waals surface area contributed by atoms with Gasteiger partial charge in [-0.2, -0.15) is 0 Å². The van der Waals surface area contributed by atoms with E-state index in [2.05, 4.69) is 0 Å². The van der Waals surface area contributed by atoms with Gasteiger partial charge in [0.2, 0.25) is 0 Å². The van der Waals surface area contributed by atoms with E-state index in [-0.39, 0.29) is 28.4 Å². The van der Waals surface area contributed by atoms with Crippen molar-refractivity contribution >= 4 is 15.9 Å². The van der Waals surface area contributed by atoms with Crippen LogP contribution in [0.4, 0.5) is 4.79 Å². The fraction of sp³-hybridized carbons (Fsp3) is 0.929. The lowest BCUT2D eigenvalue weighted by molar-refractivity contribution is -0.0145. The summed E-state index contributed by atoms with van der Waals surface area (Å²) >= 11 is 0. The van der Waals surface area contributed by atoms with E-state index in [1.165, 1.54) is 0 Å². The van der Waals surface area contributed by atoms with Crippen molar-refractivity contribution in [2.45, 2.75) is 64.7 Å². The highest BCUT2D eigenvalue weighted by Crippen LogP contribution is 2.38. The van der Waals surface area contributed by atoms with Crippen LogP contribution in [0.1, 0.15) is 53.4 Å². The zero-order chi connectivity index (χ0) is 15.6. The standard InChI is InChI=1S/C14H27NO4S/c1-5-20(17,18)11-8-6-10(7-9-11)12(14(2,3)4)19-13(15)16/h10-12H,5-9H2,1-4H3,(H2,15,16). The molecule has 0 aromatic rings. The van der Waals surface area contributed by atoms with Gasteiger partial charge >= 0.3 is 6.09 Å². The van der Waals surface area contributed by atoms with Crippen molar-refractivity contribution in [3.05, 3.63) is 0 Å². The quantitative estimate of drug-likeness (QED) is 0.864. The lowest BCUT2D eigenvalue weighted by atomic mass is 9.74. The second kappa shape index (κ2) is 6.33. The van der Waals surface area contributed by atoms with Gasteiger partial charge < -0.3 is 10.5 Å². The van der Waals surface area contributed by atoms with Gasteiger partial charge in [0.25, 0.3) is 0 Å². The Labute approximate surface area is 122 Å². The molecule has 118 valence electrons. The molecule has 0 bridgehead atoms. The number of carbonyl (C=O) groups is 1. The Balaban J connectivity index is 2.73. The van der Waals surface area contributed by atoms with Crippen LogP contribution in [0.25, 0.3) is 0 Å². The summed E-state index contributed by atoms with van der Waals surface area (Å²) in [6, 6.07) is 0. The van der Waals surface area contributed by atoms with Crippen LogP contribution in [-0.4, -0.2) is 31.6 Å². The minimum absolute atomic E-state index is 0.186. The Kier molecular flexibility index (Phi) is 5.46. The molecule has 1 aliphatic carbocycles. The molecule has 0 aliphatic heterocycles. The molecule has 6 heteroatoms. The van der Waals surface area contributed by atoms with Gasteiger partial charge in [-0.05, 0) is 37.0 Å². The Morgan fingerprint density at radius 1 is 1.25 bits per heavy atom. The number of ether oxygens (including phenoxy) is 1. The van der Waals surface area contributed by atoms with Crippen LogP contribution in [0.3, 0.4) is 0 Å². The Hall–Kier alpha value is -0.780. The second-order valence-corrected chi connectivity index (χ2v) is 9.28. The van der Waals surface area contributed by atoms with Crippen LogP contribution < -0.4 is 5.73 Å². The highest BCUT2D eigenvalue weighted by molar-refractivity contribution is 7.92. The fourth-order valence-electron chi connectivity index (χ4n) is 3.09. The molecule has 0 aromatic carbocycles. The molecule has 1 amide bonds. The third-order valence-corrected chi connectivity index (χ3v) is 6.45. The van der Waals surface area contributed by atoms with Crippen LogP contribution >= 0.6 is 0 Å². The monoisotopic (exact) mass is 305 g/mol. The van der Waals surface area contributed by atoms with E-state index in [4.69, 9.17) is 10.5 Å². The van der Waals surface area contributed by atoms with Crippen molar-refractivity contribution in [2.75, 3.05) is 5.75 Å². The third kappa shape index (κ3) is 4.36. The van der Waals surface area contributed by atoms with E-state index in [1.54, 1.807) is 6.92 Å². The lowest BCUT2D eigenvalue weighted by Crippen LogP contribution is -2.42. The van der Waals surface area contributed by atoms with Gasteiger partial charge in [-0.15, -0.1) is 0 Å². The Morgan fingerprint density at radius 2 is 1.75 bits per heavy atom. The van der Waals surface area contributed by atoms with E-state index in [1.807, 2.05) is 20.8 Å². The molecular formula is C14H27NO4S. The van der Waals surface area contributed by atoms with Crippen LogP contribution in [0.15, 0.2) is 0 Å². The van der Waals surface area contributed by atoms with E-state index < -0.39 is 15.9 Å². The minimum Gasteiger partial charge on any atom is -0.446 e. The van der Waals surface area contributed by atoms with Gasteiger partial charge in [-0.1, -0.05) is 27.7 Å². The van der Waals surface area contributed by atoms with Gasteiger partial charge in [-0.25, -0.2) is 13.2 Å². The SMILES string of the molecule is CCS(=O)(=O)C1CCC(C(OC(N)=O)C(C)(C)C)CC1. The molecule has 1 atom stereocenters. The maximum absolute atomic E-state index is 11.9. The van der Waals surface area contributed by atoms with Crippen molar-refractivity contribution < 1.29 is 17.9 Å². The first-order valence-corrected chi connectivity index (χ1v) is 8.97. The number of rotatable bonds is 4. The van der Waals surface area contributed by atoms with Gasteiger partial charge in [0.15, 0.2) is 9.84 Å². The maximum Gasteiger partial charge on any atom is 0.404 e. The van der Waals surface area contributed by atoms with E-state index in [0.717, 1.165) is 12.8 Å². The average Bonchev–Trinajstić information content (AvgIpc) is 2.34. The van der Waals surface area contributed by atoms with Gasteiger partial charge in [0, 0.05) is 5.75 Å². The van der Waals surface area contributed by atoms with Crippen molar-refractivity contribution in [3.63, 3.8) is 0 Å². The molecule has 0 heterocycles. The Bertz CT molecular complexity index is 431. The van der Waals surface area contributed by atoms with Crippen molar-refractivity contribution in [1.29, 1.82) is 0 Å². The highest BCUT2D eigenvalue weighted by atomic mass is 32.2. The molecule has 0 aromatic heterocycles. The molecule has 1 aliphatic rings. The molecule has 0 spiro atoms. The molecule has 1 rings (SSSR count). The fourth-order valence-corrected chi connectivity index (χ4v) is 4.55. The van der Waals surface area contributed by atoms with Crippen LogP contribution in [-0.2, 0) is 14.6 Å². The summed E-state index contributed by atoms with van der Waals surface area (Å²) in [7, 11) is -2.96. The van der Waals surface area contributed by atoms with Crippen molar-refractivity contribution in [1.82, 2.24) is 0 Å². The van der Waals surface area contributed by atoms with Crippen molar-refractivity contribution in [2.24, 2.45) is 17.1 Å². The lowest BCUT2D eigenvalue weighted by Gasteiger charge is -2.39. The largest absolute Gasteiger partial charge is 0.446 e. The summed E-state index contributed by atoms with van der Waals surface area (Å²) in [5.41, 5.74) is 4.96. The summed E-state index contributed by atoms with van der Waals surface area (Å²) in [6.45, 7) is 7.72. The number of primary amides is 1. The molecule has 0 radical (unpaired) electrons. The van der Waals surface area contributed by atoms with E-state index in [9.17, 15) is 13.2 Å². The first-order chi connectivity index (χ1) is 9.08. The molecule has 1 saturated carbocycles. The van der Waals surface area contributed by atoms with E-state index >= 15 is 0 Å². The predicted octanol–water partition coefficient (Wildman–Crippen LogP) is 2.49. The number of sulfone groups is 1. The van der Waals surface area contributed by atoms with E-state index in [0.29, 0.717) is 12.8 Å². The first-order valence-electron chi connectivity index (χ1n) is 7.25. The normalized spacial score (nSPS) is 26.0.